The summed E-state index contributed by atoms with van der Waals surface area (Å²) in [6, 6.07) is 0. The quantitative estimate of drug-likeness (QED) is 0.0205. The van der Waals surface area contributed by atoms with Gasteiger partial charge in [0.2, 0.25) is 0 Å². The molecule has 1 aliphatic heterocycles. The maximum absolute atomic E-state index is 12.7. The van der Waals surface area contributed by atoms with Gasteiger partial charge >= 0.3 is 16.4 Å². The van der Waals surface area contributed by atoms with Gasteiger partial charge in [-0.3, -0.25) is 9.35 Å². The first kappa shape index (κ1) is 50.9. The summed E-state index contributed by atoms with van der Waals surface area (Å²) in [5.74, 6) is -0.405. The Balaban J connectivity index is 2.34. The van der Waals surface area contributed by atoms with Gasteiger partial charge in [0, 0.05) is 13.0 Å². The minimum Gasteiger partial charge on any atom is -0.457 e. The van der Waals surface area contributed by atoms with Gasteiger partial charge in [0.1, 0.15) is 30.5 Å². The zero-order valence-electron chi connectivity index (χ0n) is 33.8. The molecule has 1 fully saturated rings. The van der Waals surface area contributed by atoms with Gasteiger partial charge in [-0.05, 0) is 38.5 Å². The summed E-state index contributed by atoms with van der Waals surface area (Å²) in [5.41, 5.74) is 0. The molecular weight excluding hydrogens is 717 g/mol. The largest absolute Gasteiger partial charge is 0.457 e. The fraction of sp³-hybridized carbons (Fsp3) is 0.927. The molecule has 13 heteroatoms. The van der Waals surface area contributed by atoms with E-state index in [-0.39, 0.29) is 19.6 Å². The molecule has 0 aliphatic carbocycles. The number of carbonyl (C=O) groups is 1. The maximum Gasteiger partial charge on any atom is 0.397 e. The van der Waals surface area contributed by atoms with Gasteiger partial charge in [0.15, 0.2) is 6.29 Å². The summed E-state index contributed by atoms with van der Waals surface area (Å²) in [7, 11) is -5.05. The van der Waals surface area contributed by atoms with Crippen LogP contribution in [0.4, 0.5) is 0 Å². The molecule has 1 aliphatic rings. The van der Waals surface area contributed by atoms with E-state index in [9.17, 15) is 28.5 Å². The zero-order valence-corrected chi connectivity index (χ0v) is 34.6. The molecular formula is C41H78O12S. The van der Waals surface area contributed by atoms with E-state index in [4.69, 9.17) is 23.5 Å². The van der Waals surface area contributed by atoms with Crippen molar-refractivity contribution in [2.75, 3.05) is 26.4 Å². The lowest BCUT2D eigenvalue weighted by Gasteiger charge is -2.41. The first-order valence-corrected chi connectivity index (χ1v) is 22.8. The van der Waals surface area contributed by atoms with Crippen molar-refractivity contribution in [1.29, 1.82) is 0 Å². The third-order valence-electron chi connectivity index (χ3n) is 9.89. The van der Waals surface area contributed by atoms with Crippen LogP contribution in [-0.4, -0.2) is 97.5 Å². The van der Waals surface area contributed by atoms with E-state index in [1.165, 1.54) is 116 Å². The Morgan fingerprint density at radius 2 is 1.17 bits per heavy atom. The molecule has 1 heterocycles. The van der Waals surface area contributed by atoms with E-state index in [1.54, 1.807) is 0 Å². The van der Waals surface area contributed by atoms with Gasteiger partial charge in [0.05, 0.1) is 19.8 Å². The number of esters is 1. The molecule has 0 aromatic carbocycles. The van der Waals surface area contributed by atoms with Crippen LogP contribution in [0.3, 0.4) is 0 Å². The van der Waals surface area contributed by atoms with E-state index < -0.39 is 59.8 Å². The van der Waals surface area contributed by atoms with Crippen molar-refractivity contribution in [3.8, 4) is 0 Å². The van der Waals surface area contributed by atoms with Gasteiger partial charge in [0.25, 0.3) is 0 Å². The van der Waals surface area contributed by atoms with Crippen LogP contribution in [0.15, 0.2) is 12.2 Å². The van der Waals surface area contributed by atoms with Crippen LogP contribution in [0, 0.1) is 0 Å². The molecule has 1 saturated heterocycles. The van der Waals surface area contributed by atoms with E-state index >= 15 is 0 Å². The highest BCUT2D eigenvalue weighted by molar-refractivity contribution is 7.80. The molecule has 54 heavy (non-hydrogen) atoms. The topological polar surface area (TPSA) is 178 Å². The molecule has 0 aromatic heterocycles. The summed E-state index contributed by atoms with van der Waals surface area (Å²) in [6.07, 6.45) is 25.7. The second-order valence-electron chi connectivity index (χ2n) is 14.9. The van der Waals surface area contributed by atoms with E-state index in [1.807, 2.05) is 0 Å². The predicted molar refractivity (Wildman–Crippen MR) is 211 cm³/mol. The zero-order chi connectivity index (χ0) is 39.7. The third kappa shape index (κ3) is 27.4. The fourth-order valence-electron chi connectivity index (χ4n) is 6.61. The minimum atomic E-state index is -5.05. The molecule has 1 rings (SSSR count). The van der Waals surface area contributed by atoms with Gasteiger partial charge in [-0.15, -0.1) is 0 Å². The van der Waals surface area contributed by atoms with E-state index in [0.29, 0.717) is 13.0 Å². The second kappa shape index (κ2) is 33.9. The number of aliphatic hydroxyl groups is 3. The maximum atomic E-state index is 12.7. The fourth-order valence-corrected chi connectivity index (χ4v) is 7.12. The van der Waals surface area contributed by atoms with E-state index in [2.05, 4.69) is 30.2 Å². The molecule has 0 radical (unpaired) electrons. The van der Waals surface area contributed by atoms with Crippen molar-refractivity contribution in [3.63, 3.8) is 0 Å². The summed E-state index contributed by atoms with van der Waals surface area (Å²) < 4.78 is 58.8. The molecule has 6 unspecified atom stereocenters. The molecule has 0 bridgehead atoms. The number of aliphatic hydroxyl groups excluding tert-OH is 3. The number of rotatable bonds is 37. The third-order valence-corrected chi connectivity index (χ3v) is 10.4. The number of hydrogen-bond acceptors (Lipinski definition) is 11. The number of ether oxygens (including phenoxy) is 4. The van der Waals surface area contributed by atoms with Gasteiger partial charge in [-0.1, -0.05) is 148 Å². The first-order chi connectivity index (χ1) is 26.1. The summed E-state index contributed by atoms with van der Waals surface area (Å²) in [5, 5.41) is 30.5. The standard InChI is InChI=1S/C41H78O12S/c1-3-5-7-9-11-12-13-14-15-16-17-18-19-20-21-22-23-25-27-29-31-49-33-35(51-37(43)30-28-26-24-10-8-6-4-2)34-50-41-39(45)40(53-54(46,47)48)38(44)36(32-42)52-41/h14-15,35-36,38-42,44-45H,3-13,16-34H2,1-2H3,(H,46,47,48)/b15-14-. The van der Waals surface area contributed by atoms with Crippen molar-refractivity contribution >= 4 is 16.4 Å². The monoisotopic (exact) mass is 795 g/mol. The Morgan fingerprint density at radius 1 is 0.685 bits per heavy atom. The highest BCUT2D eigenvalue weighted by atomic mass is 32.3. The Hall–Kier alpha value is -1.16. The Bertz CT molecular complexity index is 1010. The second-order valence-corrected chi connectivity index (χ2v) is 16.0. The average Bonchev–Trinajstić information content (AvgIpc) is 3.14. The van der Waals surface area contributed by atoms with Gasteiger partial charge in [-0.25, -0.2) is 4.18 Å². The van der Waals surface area contributed by atoms with Crippen LogP contribution < -0.4 is 0 Å². The number of carbonyl (C=O) groups excluding carboxylic acids is 1. The molecule has 320 valence electrons. The average molecular weight is 795 g/mol. The smallest absolute Gasteiger partial charge is 0.397 e. The van der Waals surface area contributed by atoms with Gasteiger partial charge < -0.3 is 34.3 Å². The highest BCUT2D eigenvalue weighted by Gasteiger charge is 2.48. The Labute approximate surface area is 328 Å². The van der Waals surface area contributed by atoms with Crippen LogP contribution >= 0.6 is 0 Å². The molecule has 0 aromatic rings. The van der Waals surface area contributed by atoms with Crippen molar-refractivity contribution < 1.29 is 56.2 Å². The lowest BCUT2D eigenvalue weighted by Crippen LogP contribution is -2.60. The molecule has 6 atom stereocenters. The van der Waals surface area contributed by atoms with Crippen LogP contribution in [0.2, 0.25) is 0 Å². The lowest BCUT2D eigenvalue weighted by atomic mass is 9.99. The van der Waals surface area contributed by atoms with Crippen molar-refractivity contribution in [1.82, 2.24) is 0 Å². The number of allylic oxidation sites excluding steroid dienone is 2. The van der Waals surface area contributed by atoms with Crippen LogP contribution in [0.1, 0.15) is 181 Å². The predicted octanol–water partition coefficient (Wildman–Crippen LogP) is 8.30. The van der Waals surface area contributed by atoms with Gasteiger partial charge in [-0.2, -0.15) is 8.42 Å². The van der Waals surface area contributed by atoms with Crippen LogP contribution in [0.25, 0.3) is 0 Å². The summed E-state index contributed by atoms with van der Waals surface area (Å²) in [6.45, 7) is 3.93. The van der Waals surface area contributed by atoms with Crippen LogP contribution in [-0.2, 0) is 38.3 Å². The summed E-state index contributed by atoms with van der Waals surface area (Å²) >= 11 is 0. The van der Waals surface area contributed by atoms with E-state index in [0.717, 1.165) is 38.5 Å². The molecule has 0 amide bonds. The van der Waals surface area contributed by atoms with Crippen molar-refractivity contribution in [3.05, 3.63) is 12.2 Å². The lowest BCUT2D eigenvalue weighted by molar-refractivity contribution is -0.301. The molecule has 12 nitrogen and oxygen atoms in total. The summed E-state index contributed by atoms with van der Waals surface area (Å²) in [4.78, 5) is 12.7. The normalized spacial score (nSPS) is 21.2. The SMILES string of the molecule is CCCCCCCC/C=C\CCCCCCCCCCCCOCC(COC1OC(CO)C(O)C(OS(=O)(=O)O)C1O)OC(=O)CCCCCCCCC. The highest BCUT2D eigenvalue weighted by Crippen LogP contribution is 2.26. The molecule has 4 N–H and O–H groups in total. The Kier molecular flexibility index (Phi) is 32.0. The van der Waals surface area contributed by atoms with Crippen molar-refractivity contribution in [2.24, 2.45) is 0 Å². The minimum absolute atomic E-state index is 0.0392. The number of hydrogen-bond donors (Lipinski definition) is 4. The van der Waals surface area contributed by atoms with Crippen LogP contribution in [0.5, 0.6) is 0 Å². The number of unbranched alkanes of at least 4 members (excludes halogenated alkanes) is 22. The molecule has 0 spiro atoms. The molecule has 0 saturated carbocycles. The first-order valence-electron chi connectivity index (χ1n) is 21.4. The Morgan fingerprint density at radius 3 is 1.67 bits per heavy atom. The van der Waals surface area contributed by atoms with Crippen molar-refractivity contribution in [2.45, 2.75) is 218 Å².